The lowest BCUT2D eigenvalue weighted by Crippen LogP contribution is -2.41. The molecule has 0 aliphatic carbocycles. The van der Waals surface area contributed by atoms with Gasteiger partial charge in [-0.15, -0.1) is 22.7 Å². The van der Waals surface area contributed by atoms with Gasteiger partial charge in [-0.1, -0.05) is 383 Å². The minimum Gasteiger partial charge on any atom is -0.399 e. The van der Waals surface area contributed by atoms with Crippen molar-refractivity contribution in [2.75, 3.05) is 0 Å². The van der Waals surface area contributed by atoms with Crippen LogP contribution in [0.3, 0.4) is 0 Å². The SMILES string of the molecule is C.CC1(C)OB(c2cccc3c2sc2c(-c4ccc(-c5ccccc5)cc4)cccc23)OC1(C)C.Clc1cc(-c2ccccc2)cc(-c2nc(-c3ccccc3)nc(-c3ccccc3)n2)c1.c1ccc(-c2ccc(-c3cccc4c3sc3c(-c5cc(-c6ccccc6)cc(-c6nc(-c7ccccc7)nc(-c7ccccc7)n6)c5)cccc34)cc2)cc1. The highest BCUT2D eigenvalue weighted by molar-refractivity contribution is 7.27. The Balaban J connectivity index is 0.000000131. The summed E-state index contributed by atoms with van der Waals surface area (Å²) in [5.41, 5.74) is 22.5. The van der Waals surface area contributed by atoms with Gasteiger partial charge in [0, 0.05) is 78.8 Å². The fraction of sp³-hybridized carbons (Fsp3) is 0.0642. The molecule has 0 spiro atoms. The lowest BCUT2D eigenvalue weighted by atomic mass is 9.78. The third kappa shape index (κ3) is 16.4. The molecule has 8 nitrogen and oxygen atoms in total. The Morgan fingerprint density at radius 2 is 0.455 bits per heavy atom. The van der Waals surface area contributed by atoms with Gasteiger partial charge in [0.05, 0.1) is 11.2 Å². The Morgan fingerprint density at radius 3 is 0.802 bits per heavy atom. The van der Waals surface area contributed by atoms with Crippen molar-refractivity contribution in [2.24, 2.45) is 0 Å². The smallest absolute Gasteiger partial charge is 0.399 e. The van der Waals surface area contributed by atoms with Gasteiger partial charge in [-0.05, 0) is 147 Å². The molecule has 12 heteroatoms. The van der Waals surface area contributed by atoms with E-state index in [9.17, 15) is 0 Å². The average Bonchev–Trinajstić information content (AvgIpc) is 1.64. The molecule has 5 heterocycles. The molecule has 0 bridgehead atoms. The fourth-order valence-corrected chi connectivity index (χ4v) is 18.5. The maximum atomic E-state index is 6.49. The van der Waals surface area contributed by atoms with Crippen molar-refractivity contribution in [3.8, 4) is 146 Å². The number of hydrogen-bond donors (Lipinski definition) is 0. The van der Waals surface area contributed by atoms with Crippen LogP contribution in [0.1, 0.15) is 35.1 Å². The van der Waals surface area contributed by atoms with E-state index in [0.29, 0.717) is 40.0 Å². The quantitative estimate of drug-likeness (QED) is 0.0994. The zero-order chi connectivity index (χ0) is 81.1. The van der Waals surface area contributed by atoms with Crippen LogP contribution in [0.5, 0.6) is 0 Å². The number of hydrogen-bond acceptors (Lipinski definition) is 10. The molecule has 4 aromatic heterocycles. The summed E-state index contributed by atoms with van der Waals surface area (Å²) in [5.74, 6) is 3.78. The second kappa shape index (κ2) is 34.3. The number of rotatable bonds is 14. The van der Waals surface area contributed by atoms with E-state index < -0.39 is 0 Å². The maximum absolute atomic E-state index is 6.49. The topological polar surface area (TPSA) is 95.8 Å². The second-order valence-corrected chi connectivity index (χ2v) is 33.3. The molecule has 20 aromatic rings. The van der Waals surface area contributed by atoms with Crippen LogP contribution in [0.2, 0.25) is 5.02 Å². The van der Waals surface area contributed by atoms with Gasteiger partial charge in [0.25, 0.3) is 0 Å². The van der Waals surface area contributed by atoms with Gasteiger partial charge in [-0.3, -0.25) is 0 Å². The third-order valence-electron chi connectivity index (χ3n) is 22.5. The van der Waals surface area contributed by atoms with Crippen LogP contribution in [0.4, 0.5) is 0 Å². The van der Waals surface area contributed by atoms with E-state index in [4.69, 9.17) is 50.8 Å². The van der Waals surface area contributed by atoms with Crippen molar-refractivity contribution in [1.29, 1.82) is 0 Å². The van der Waals surface area contributed by atoms with Crippen LogP contribution in [-0.4, -0.2) is 48.2 Å². The average molecular weight is 1620 g/mol. The third-order valence-corrected chi connectivity index (χ3v) is 25.3. The Morgan fingerprint density at radius 1 is 0.223 bits per heavy atom. The van der Waals surface area contributed by atoms with Crippen LogP contribution < -0.4 is 5.46 Å². The predicted octanol–water partition coefficient (Wildman–Crippen LogP) is 29.4. The molecule has 0 unspecified atom stereocenters. The summed E-state index contributed by atoms with van der Waals surface area (Å²) in [6, 6.07) is 139. The molecule has 0 amide bonds. The highest BCUT2D eigenvalue weighted by atomic mass is 35.5. The number of aromatic nitrogens is 6. The summed E-state index contributed by atoms with van der Waals surface area (Å²) in [4.78, 5) is 29.5. The Hall–Kier alpha value is -13.7. The van der Waals surface area contributed by atoms with E-state index in [1.54, 1.807) is 0 Å². The molecule has 0 saturated carbocycles. The van der Waals surface area contributed by atoms with Gasteiger partial charge in [-0.25, -0.2) is 29.9 Å². The minimum atomic E-state index is -0.365. The van der Waals surface area contributed by atoms with Crippen LogP contribution in [0, 0.1) is 0 Å². The fourth-order valence-electron chi connectivity index (χ4n) is 15.5. The van der Waals surface area contributed by atoms with Crippen LogP contribution >= 0.6 is 34.3 Å². The van der Waals surface area contributed by atoms with E-state index in [-0.39, 0.29) is 25.7 Å². The summed E-state index contributed by atoms with van der Waals surface area (Å²) >= 11 is 10.2. The summed E-state index contributed by atoms with van der Waals surface area (Å²) in [6.07, 6.45) is 0. The van der Waals surface area contributed by atoms with Gasteiger partial charge < -0.3 is 9.31 Å². The first-order valence-corrected chi connectivity index (χ1v) is 42.2. The molecular formula is C109H82BClN6O2S2. The molecule has 1 fully saturated rings. The van der Waals surface area contributed by atoms with Crippen molar-refractivity contribution in [3.05, 3.63) is 405 Å². The van der Waals surface area contributed by atoms with E-state index in [2.05, 4.69) is 276 Å². The van der Waals surface area contributed by atoms with Crippen molar-refractivity contribution < 1.29 is 9.31 Å². The molecule has 582 valence electrons. The van der Waals surface area contributed by atoms with Gasteiger partial charge in [0.1, 0.15) is 0 Å². The van der Waals surface area contributed by atoms with E-state index in [1.165, 1.54) is 90.4 Å². The zero-order valence-electron chi connectivity index (χ0n) is 66.4. The maximum Gasteiger partial charge on any atom is 0.496 e. The van der Waals surface area contributed by atoms with Gasteiger partial charge in [0.15, 0.2) is 34.9 Å². The van der Waals surface area contributed by atoms with Crippen molar-refractivity contribution in [2.45, 2.75) is 46.3 Å². The molecular weight excluding hydrogens is 1540 g/mol. The largest absolute Gasteiger partial charge is 0.496 e. The summed E-state index contributed by atoms with van der Waals surface area (Å²) in [7, 11) is -0.365. The summed E-state index contributed by atoms with van der Waals surface area (Å²) in [6.45, 7) is 8.43. The molecule has 1 aliphatic heterocycles. The van der Waals surface area contributed by atoms with Crippen molar-refractivity contribution >= 4 is 87.2 Å². The lowest BCUT2D eigenvalue weighted by Gasteiger charge is -2.32. The first kappa shape index (κ1) is 78.4. The molecule has 121 heavy (non-hydrogen) atoms. The first-order chi connectivity index (χ1) is 58.8. The highest BCUT2D eigenvalue weighted by Crippen LogP contribution is 2.47. The van der Waals surface area contributed by atoms with E-state index in [1.807, 2.05) is 174 Å². The standard InChI is InChI=1S/C51H33N3S.C30H27BO2S.C27H18ClN3.CH4/c1-5-15-34(16-6-1)36-27-29-37(30-28-36)43-23-13-25-45-46-26-14-24-44(48(46)55-47(43)45)41-31-40(35-17-7-2-8-18-35)32-42(33-41)51-53-49(38-19-9-3-10-20-38)52-50(54-51)39-21-11-4-12-22-39;1-29(2)30(3,4)33-31(32-29)26-15-9-14-25-24-13-8-12-23(27(24)34-28(25)26)22-18-16-21(17-19-22)20-10-6-5-7-11-20;28-24-17-22(19-10-4-1-5-11-19)16-23(18-24)27-30-25(20-12-6-2-7-13-20)29-26(31-27)21-14-8-3-9-15-21;/h1-33H;5-19H,1-4H3;1-18H;1H4. The molecule has 16 aromatic carbocycles. The van der Waals surface area contributed by atoms with Crippen molar-refractivity contribution in [3.63, 3.8) is 0 Å². The van der Waals surface area contributed by atoms with E-state index in [0.717, 1.165) is 66.7 Å². The normalized spacial score (nSPS) is 12.7. The van der Waals surface area contributed by atoms with Gasteiger partial charge in [0.2, 0.25) is 0 Å². The number of fused-ring (bicyclic) bond motifs is 6. The molecule has 21 rings (SSSR count). The Labute approximate surface area is 719 Å². The zero-order valence-corrected chi connectivity index (χ0v) is 68.8. The number of thiophene rings is 2. The summed E-state index contributed by atoms with van der Waals surface area (Å²) < 4.78 is 17.9. The molecule has 0 radical (unpaired) electrons. The van der Waals surface area contributed by atoms with Crippen molar-refractivity contribution in [1.82, 2.24) is 29.9 Å². The Kier molecular flexibility index (Phi) is 22.2. The number of nitrogens with zero attached hydrogens (tertiary/aromatic N) is 6. The van der Waals surface area contributed by atoms with E-state index >= 15 is 0 Å². The van der Waals surface area contributed by atoms with Crippen LogP contribution in [0.15, 0.2) is 400 Å². The predicted molar refractivity (Wildman–Crippen MR) is 510 cm³/mol. The molecule has 1 saturated heterocycles. The first-order valence-electron chi connectivity index (χ1n) is 40.2. The molecule has 0 N–H and O–H groups in total. The van der Waals surface area contributed by atoms with Gasteiger partial charge in [-0.2, -0.15) is 0 Å². The monoisotopic (exact) mass is 1620 g/mol. The summed E-state index contributed by atoms with van der Waals surface area (Å²) in [5, 5.41) is 5.70. The second-order valence-electron chi connectivity index (χ2n) is 30.8. The number of halogens is 1. The van der Waals surface area contributed by atoms with Gasteiger partial charge >= 0.3 is 7.12 Å². The number of benzene rings is 16. The highest BCUT2D eigenvalue weighted by Gasteiger charge is 2.52. The lowest BCUT2D eigenvalue weighted by molar-refractivity contribution is 0.00578. The molecule has 1 aliphatic rings. The minimum absolute atomic E-state index is 0. The van der Waals surface area contributed by atoms with Crippen LogP contribution in [-0.2, 0) is 9.31 Å². The van der Waals surface area contributed by atoms with Crippen LogP contribution in [0.25, 0.3) is 187 Å². The molecule has 0 atom stereocenters. The Bertz CT molecular complexity index is 6940.